The molecule has 0 saturated carbocycles. The zero-order chi connectivity index (χ0) is 12.2. The van der Waals surface area contributed by atoms with Crippen molar-refractivity contribution in [1.29, 1.82) is 0 Å². The second kappa shape index (κ2) is 5.00. The highest BCUT2D eigenvalue weighted by atomic mass is 19.1. The van der Waals surface area contributed by atoms with Crippen LogP contribution in [0.5, 0.6) is 0 Å². The number of alkyl halides is 1. The van der Waals surface area contributed by atoms with Crippen LogP contribution in [0.4, 0.5) is 10.1 Å². The average Bonchev–Trinajstić information content (AvgIpc) is 2.33. The Morgan fingerprint density at radius 2 is 1.81 bits per heavy atom. The number of rotatable bonds is 5. The molecular formula is C10H12FNO4. The van der Waals surface area contributed by atoms with E-state index in [4.69, 9.17) is 9.47 Å². The third-order valence-electron chi connectivity index (χ3n) is 2.35. The zero-order valence-corrected chi connectivity index (χ0v) is 8.97. The summed E-state index contributed by atoms with van der Waals surface area (Å²) in [6.07, 6.45) is 0. The first-order valence-corrected chi connectivity index (χ1v) is 4.51. The van der Waals surface area contributed by atoms with Gasteiger partial charge < -0.3 is 9.47 Å². The monoisotopic (exact) mass is 229 g/mol. The van der Waals surface area contributed by atoms with Crippen LogP contribution < -0.4 is 0 Å². The summed E-state index contributed by atoms with van der Waals surface area (Å²) in [5, 5.41) is 10.4. The number of methoxy groups -OCH3 is 2. The quantitative estimate of drug-likeness (QED) is 0.440. The van der Waals surface area contributed by atoms with Crippen molar-refractivity contribution in [3.63, 3.8) is 0 Å². The molecule has 0 N–H and O–H groups in total. The second-order valence-electron chi connectivity index (χ2n) is 3.10. The Morgan fingerprint density at radius 1 is 1.31 bits per heavy atom. The van der Waals surface area contributed by atoms with Crippen LogP contribution in [-0.4, -0.2) is 25.8 Å². The molecule has 0 spiro atoms. The molecule has 6 heteroatoms. The molecule has 0 heterocycles. The number of halogens is 1. The number of nitro groups is 1. The summed E-state index contributed by atoms with van der Waals surface area (Å²) in [7, 11) is 2.62. The number of benzene rings is 1. The van der Waals surface area contributed by atoms with Crippen molar-refractivity contribution in [2.75, 3.05) is 20.9 Å². The van der Waals surface area contributed by atoms with E-state index in [2.05, 4.69) is 0 Å². The highest BCUT2D eigenvalue weighted by Crippen LogP contribution is 2.28. The molecule has 1 aromatic rings. The summed E-state index contributed by atoms with van der Waals surface area (Å²) in [6.45, 7) is -0.877. The summed E-state index contributed by atoms with van der Waals surface area (Å²) in [5.74, 6) is -1.49. The lowest BCUT2D eigenvalue weighted by atomic mass is 10.1. The molecule has 0 fully saturated rings. The van der Waals surface area contributed by atoms with Crippen molar-refractivity contribution in [3.8, 4) is 0 Å². The Morgan fingerprint density at radius 3 is 2.12 bits per heavy atom. The van der Waals surface area contributed by atoms with Crippen LogP contribution in [-0.2, 0) is 15.3 Å². The maximum Gasteiger partial charge on any atom is 0.269 e. The summed E-state index contributed by atoms with van der Waals surface area (Å²) >= 11 is 0. The van der Waals surface area contributed by atoms with Gasteiger partial charge in [-0.15, -0.1) is 0 Å². The zero-order valence-electron chi connectivity index (χ0n) is 8.97. The molecule has 0 saturated heterocycles. The summed E-state index contributed by atoms with van der Waals surface area (Å²) in [4.78, 5) is 9.91. The number of hydrogen-bond donors (Lipinski definition) is 0. The minimum absolute atomic E-state index is 0.0660. The Kier molecular flexibility index (Phi) is 3.92. The summed E-state index contributed by atoms with van der Waals surface area (Å²) < 4.78 is 22.8. The molecule has 88 valence electrons. The Bertz CT molecular complexity index is 353. The van der Waals surface area contributed by atoms with Crippen LogP contribution in [0, 0.1) is 10.1 Å². The highest BCUT2D eigenvalue weighted by Gasteiger charge is 2.32. The van der Waals surface area contributed by atoms with Gasteiger partial charge in [0, 0.05) is 31.9 Å². The maximum atomic E-state index is 12.9. The minimum atomic E-state index is -1.49. The fraction of sp³-hybridized carbons (Fsp3) is 0.400. The predicted molar refractivity (Wildman–Crippen MR) is 54.8 cm³/mol. The predicted octanol–water partition coefficient (Wildman–Crippen LogP) is 2.01. The average molecular weight is 229 g/mol. The number of ether oxygens (including phenoxy) is 2. The Labute approximate surface area is 91.9 Å². The third kappa shape index (κ3) is 2.17. The van der Waals surface area contributed by atoms with Crippen molar-refractivity contribution in [2.45, 2.75) is 5.79 Å². The number of nitrogens with zero attached hydrogens (tertiary/aromatic N) is 1. The van der Waals surface area contributed by atoms with Gasteiger partial charge in [0.1, 0.15) is 6.67 Å². The van der Waals surface area contributed by atoms with Gasteiger partial charge in [0.15, 0.2) is 0 Å². The van der Waals surface area contributed by atoms with Crippen LogP contribution in [0.2, 0.25) is 0 Å². The van der Waals surface area contributed by atoms with E-state index in [-0.39, 0.29) is 5.69 Å². The molecule has 0 aliphatic rings. The summed E-state index contributed by atoms with van der Waals surface area (Å²) in [5.41, 5.74) is 0.328. The van der Waals surface area contributed by atoms with Gasteiger partial charge in [-0.2, -0.15) is 0 Å². The molecule has 0 amide bonds. The highest BCUT2D eigenvalue weighted by molar-refractivity contribution is 5.34. The molecule has 0 atom stereocenters. The molecule has 0 radical (unpaired) electrons. The second-order valence-corrected chi connectivity index (χ2v) is 3.10. The van der Waals surface area contributed by atoms with Gasteiger partial charge >= 0.3 is 0 Å². The van der Waals surface area contributed by atoms with Crippen molar-refractivity contribution >= 4 is 5.69 Å². The summed E-state index contributed by atoms with van der Waals surface area (Å²) in [6, 6.07) is 5.37. The topological polar surface area (TPSA) is 61.6 Å². The number of hydrogen-bond acceptors (Lipinski definition) is 4. The molecule has 0 bridgehead atoms. The molecule has 1 rings (SSSR count). The number of nitro benzene ring substituents is 1. The van der Waals surface area contributed by atoms with Gasteiger partial charge in [-0.3, -0.25) is 10.1 Å². The van der Waals surface area contributed by atoms with Crippen LogP contribution >= 0.6 is 0 Å². The van der Waals surface area contributed by atoms with Crippen molar-refractivity contribution in [3.05, 3.63) is 39.9 Å². The molecule has 0 aliphatic carbocycles. The van der Waals surface area contributed by atoms with Gasteiger partial charge in [-0.05, 0) is 12.1 Å². The van der Waals surface area contributed by atoms with E-state index in [1.807, 2.05) is 0 Å². The molecule has 16 heavy (non-hydrogen) atoms. The normalized spacial score (nSPS) is 11.4. The lowest BCUT2D eigenvalue weighted by Crippen LogP contribution is -2.33. The van der Waals surface area contributed by atoms with Crippen molar-refractivity contribution in [2.24, 2.45) is 0 Å². The molecular weight excluding hydrogens is 217 g/mol. The van der Waals surface area contributed by atoms with Crippen LogP contribution in [0.25, 0.3) is 0 Å². The van der Waals surface area contributed by atoms with E-state index in [1.165, 1.54) is 38.5 Å². The first kappa shape index (κ1) is 12.5. The molecule has 0 aliphatic heterocycles. The van der Waals surface area contributed by atoms with Gasteiger partial charge in [-0.1, -0.05) is 0 Å². The van der Waals surface area contributed by atoms with E-state index < -0.39 is 17.4 Å². The van der Waals surface area contributed by atoms with Gasteiger partial charge in [-0.25, -0.2) is 4.39 Å². The fourth-order valence-corrected chi connectivity index (χ4v) is 1.34. The van der Waals surface area contributed by atoms with Crippen molar-refractivity contribution in [1.82, 2.24) is 0 Å². The first-order chi connectivity index (χ1) is 7.59. The van der Waals surface area contributed by atoms with E-state index in [0.29, 0.717) is 5.56 Å². The number of non-ortho nitro benzene ring substituents is 1. The molecule has 0 unspecified atom stereocenters. The Hall–Kier alpha value is -1.53. The fourth-order valence-electron chi connectivity index (χ4n) is 1.34. The lowest BCUT2D eigenvalue weighted by Gasteiger charge is -2.27. The van der Waals surface area contributed by atoms with Crippen LogP contribution in [0.1, 0.15) is 5.56 Å². The standard InChI is InChI=1S/C10H12FNO4/c1-15-10(7-11,16-2)8-3-5-9(6-4-8)12(13)14/h3-6H,7H2,1-2H3. The van der Waals surface area contributed by atoms with Gasteiger partial charge in [0.2, 0.25) is 5.79 Å². The van der Waals surface area contributed by atoms with E-state index in [0.717, 1.165) is 0 Å². The van der Waals surface area contributed by atoms with Gasteiger partial charge in [0.05, 0.1) is 4.92 Å². The minimum Gasteiger partial charge on any atom is -0.347 e. The van der Waals surface area contributed by atoms with Gasteiger partial charge in [0.25, 0.3) is 5.69 Å². The van der Waals surface area contributed by atoms with E-state index >= 15 is 0 Å². The molecule has 0 aromatic heterocycles. The van der Waals surface area contributed by atoms with Crippen LogP contribution in [0.3, 0.4) is 0 Å². The maximum absolute atomic E-state index is 12.9. The largest absolute Gasteiger partial charge is 0.347 e. The first-order valence-electron chi connectivity index (χ1n) is 4.51. The SMILES string of the molecule is COC(CF)(OC)c1ccc([N+](=O)[O-])cc1. The Balaban J connectivity index is 3.08. The molecule has 5 nitrogen and oxygen atoms in total. The van der Waals surface area contributed by atoms with E-state index in [1.54, 1.807) is 0 Å². The van der Waals surface area contributed by atoms with Crippen molar-refractivity contribution < 1.29 is 18.8 Å². The lowest BCUT2D eigenvalue weighted by molar-refractivity contribution is -0.384. The smallest absolute Gasteiger partial charge is 0.269 e. The van der Waals surface area contributed by atoms with E-state index in [9.17, 15) is 14.5 Å². The molecule has 1 aromatic carbocycles. The van der Waals surface area contributed by atoms with Crippen LogP contribution in [0.15, 0.2) is 24.3 Å². The third-order valence-corrected chi connectivity index (χ3v) is 2.35.